The molecule has 0 aliphatic carbocycles. The Bertz CT molecular complexity index is 665. The van der Waals surface area contributed by atoms with Crippen LogP contribution in [0.2, 0.25) is 0 Å². The third-order valence-corrected chi connectivity index (χ3v) is 2.95. The molecule has 1 nitrogen and oxygen atoms in total. The SMILES string of the molecule is Cc1ccc2c(ccn2-c2ccc(F)cc2)c1. The first-order valence-corrected chi connectivity index (χ1v) is 5.58. The fourth-order valence-electron chi connectivity index (χ4n) is 2.09. The Morgan fingerprint density at radius 1 is 0.941 bits per heavy atom. The number of aromatic nitrogens is 1. The van der Waals surface area contributed by atoms with Crippen molar-refractivity contribution in [2.75, 3.05) is 0 Å². The molecular formula is C15H12FN. The van der Waals surface area contributed by atoms with Gasteiger partial charge in [-0.05, 0) is 49.4 Å². The normalized spacial score (nSPS) is 10.9. The van der Waals surface area contributed by atoms with Gasteiger partial charge in [-0.15, -0.1) is 0 Å². The van der Waals surface area contributed by atoms with E-state index in [1.165, 1.54) is 23.1 Å². The standard InChI is InChI=1S/C15H12FN/c1-11-2-7-15-12(10-11)8-9-17(15)14-5-3-13(16)4-6-14/h2-10H,1H3. The van der Waals surface area contributed by atoms with Crippen LogP contribution in [0.5, 0.6) is 0 Å². The second-order valence-corrected chi connectivity index (χ2v) is 4.22. The molecule has 1 aromatic heterocycles. The first-order chi connectivity index (χ1) is 8.24. The van der Waals surface area contributed by atoms with E-state index in [4.69, 9.17) is 0 Å². The molecule has 3 rings (SSSR count). The van der Waals surface area contributed by atoms with Gasteiger partial charge in [0.1, 0.15) is 5.82 Å². The van der Waals surface area contributed by atoms with Crippen molar-refractivity contribution in [3.8, 4) is 5.69 Å². The second-order valence-electron chi connectivity index (χ2n) is 4.22. The Labute approximate surface area is 99.1 Å². The predicted molar refractivity (Wildman–Crippen MR) is 68.0 cm³/mol. The smallest absolute Gasteiger partial charge is 0.123 e. The summed E-state index contributed by atoms with van der Waals surface area (Å²) in [4.78, 5) is 0. The summed E-state index contributed by atoms with van der Waals surface area (Å²) in [6.45, 7) is 2.08. The summed E-state index contributed by atoms with van der Waals surface area (Å²) in [5.74, 6) is -0.207. The van der Waals surface area contributed by atoms with Crippen LogP contribution < -0.4 is 0 Å². The molecule has 2 aromatic carbocycles. The van der Waals surface area contributed by atoms with Crippen LogP contribution >= 0.6 is 0 Å². The first-order valence-electron chi connectivity index (χ1n) is 5.58. The molecule has 0 N–H and O–H groups in total. The van der Waals surface area contributed by atoms with E-state index in [0.717, 1.165) is 11.2 Å². The van der Waals surface area contributed by atoms with Crippen LogP contribution in [-0.2, 0) is 0 Å². The zero-order valence-electron chi connectivity index (χ0n) is 9.52. The highest BCUT2D eigenvalue weighted by Gasteiger charge is 2.03. The quantitative estimate of drug-likeness (QED) is 0.588. The number of hydrogen-bond donors (Lipinski definition) is 0. The molecule has 0 radical (unpaired) electrons. The molecule has 2 heteroatoms. The van der Waals surface area contributed by atoms with Crippen LogP contribution in [0.1, 0.15) is 5.56 Å². The maximum atomic E-state index is 12.9. The van der Waals surface area contributed by atoms with Crippen molar-refractivity contribution >= 4 is 10.9 Å². The number of hydrogen-bond acceptors (Lipinski definition) is 0. The third-order valence-electron chi connectivity index (χ3n) is 2.95. The number of halogens is 1. The van der Waals surface area contributed by atoms with Gasteiger partial charge in [0.25, 0.3) is 0 Å². The van der Waals surface area contributed by atoms with E-state index in [0.29, 0.717) is 0 Å². The van der Waals surface area contributed by atoms with Crippen molar-refractivity contribution in [1.29, 1.82) is 0 Å². The molecule has 84 valence electrons. The molecule has 0 aliphatic heterocycles. The summed E-state index contributed by atoms with van der Waals surface area (Å²) in [6.07, 6.45) is 2.01. The molecule has 0 amide bonds. The highest BCUT2D eigenvalue weighted by molar-refractivity contribution is 5.82. The van der Waals surface area contributed by atoms with E-state index < -0.39 is 0 Å². The molecule has 3 aromatic rings. The fraction of sp³-hybridized carbons (Fsp3) is 0.0667. The summed E-state index contributed by atoms with van der Waals surface area (Å²) < 4.78 is 14.9. The summed E-state index contributed by atoms with van der Waals surface area (Å²) in [5, 5.41) is 1.20. The summed E-state index contributed by atoms with van der Waals surface area (Å²) >= 11 is 0. The van der Waals surface area contributed by atoms with Crippen molar-refractivity contribution in [1.82, 2.24) is 4.57 Å². The van der Waals surface area contributed by atoms with Crippen molar-refractivity contribution < 1.29 is 4.39 Å². The molecular weight excluding hydrogens is 213 g/mol. The lowest BCUT2D eigenvalue weighted by Gasteiger charge is -2.05. The molecule has 0 fully saturated rings. The Balaban J connectivity index is 2.21. The van der Waals surface area contributed by atoms with Crippen LogP contribution in [0.3, 0.4) is 0 Å². The molecule has 0 saturated heterocycles. The zero-order chi connectivity index (χ0) is 11.8. The van der Waals surface area contributed by atoms with Crippen LogP contribution in [0.25, 0.3) is 16.6 Å². The Morgan fingerprint density at radius 2 is 1.71 bits per heavy atom. The van der Waals surface area contributed by atoms with E-state index in [-0.39, 0.29) is 5.82 Å². The summed E-state index contributed by atoms with van der Waals surface area (Å²) in [7, 11) is 0. The van der Waals surface area contributed by atoms with Gasteiger partial charge in [-0.2, -0.15) is 0 Å². The fourth-order valence-corrected chi connectivity index (χ4v) is 2.09. The van der Waals surface area contributed by atoms with Crippen molar-refractivity contribution in [3.63, 3.8) is 0 Å². The van der Waals surface area contributed by atoms with Gasteiger partial charge in [0.15, 0.2) is 0 Å². The second kappa shape index (κ2) is 3.74. The van der Waals surface area contributed by atoms with Gasteiger partial charge in [-0.25, -0.2) is 4.39 Å². The molecule has 0 atom stereocenters. The summed E-state index contributed by atoms with van der Waals surface area (Å²) in [5.41, 5.74) is 3.36. The predicted octanol–water partition coefficient (Wildman–Crippen LogP) is 4.08. The van der Waals surface area contributed by atoms with Crippen molar-refractivity contribution in [2.24, 2.45) is 0 Å². The Morgan fingerprint density at radius 3 is 2.47 bits per heavy atom. The van der Waals surface area contributed by atoms with Gasteiger partial charge < -0.3 is 4.57 Å². The maximum Gasteiger partial charge on any atom is 0.123 e. The zero-order valence-corrected chi connectivity index (χ0v) is 9.52. The Hall–Kier alpha value is -2.09. The van der Waals surface area contributed by atoms with Crippen LogP contribution in [0.15, 0.2) is 54.7 Å². The number of rotatable bonds is 1. The van der Waals surface area contributed by atoms with Crippen molar-refractivity contribution in [3.05, 3.63) is 66.1 Å². The number of nitrogens with zero attached hydrogens (tertiary/aromatic N) is 1. The Kier molecular flexibility index (Phi) is 2.22. The van der Waals surface area contributed by atoms with Crippen LogP contribution in [0.4, 0.5) is 4.39 Å². The number of fused-ring (bicyclic) bond motifs is 1. The monoisotopic (exact) mass is 225 g/mol. The lowest BCUT2D eigenvalue weighted by atomic mass is 10.2. The minimum absolute atomic E-state index is 0.207. The lowest BCUT2D eigenvalue weighted by molar-refractivity contribution is 0.627. The molecule has 0 bridgehead atoms. The van der Waals surface area contributed by atoms with E-state index in [1.54, 1.807) is 12.1 Å². The largest absolute Gasteiger partial charge is 0.317 e. The molecule has 0 spiro atoms. The minimum atomic E-state index is -0.207. The van der Waals surface area contributed by atoms with E-state index >= 15 is 0 Å². The number of aryl methyl sites for hydroxylation is 1. The molecule has 0 saturated carbocycles. The van der Waals surface area contributed by atoms with E-state index in [1.807, 2.05) is 6.20 Å². The van der Waals surface area contributed by atoms with Gasteiger partial charge in [0.2, 0.25) is 0 Å². The molecule has 0 unspecified atom stereocenters. The highest BCUT2D eigenvalue weighted by Crippen LogP contribution is 2.21. The molecule has 17 heavy (non-hydrogen) atoms. The molecule has 0 aliphatic rings. The third kappa shape index (κ3) is 1.72. The van der Waals surface area contributed by atoms with Crippen molar-refractivity contribution in [2.45, 2.75) is 6.92 Å². The van der Waals surface area contributed by atoms with Gasteiger partial charge in [0.05, 0.1) is 5.52 Å². The van der Waals surface area contributed by atoms with E-state index in [9.17, 15) is 4.39 Å². The lowest BCUT2D eigenvalue weighted by Crippen LogP contribution is -1.91. The average Bonchev–Trinajstić information content (AvgIpc) is 2.73. The summed E-state index contributed by atoms with van der Waals surface area (Å²) in [6, 6.07) is 14.9. The average molecular weight is 225 g/mol. The van der Waals surface area contributed by atoms with Gasteiger partial charge in [0, 0.05) is 17.3 Å². The van der Waals surface area contributed by atoms with Crippen LogP contribution in [-0.4, -0.2) is 4.57 Å². The first kappa shape index (κ1) is 10.1. The van der Waals surface area contributed by atoms with Crippen LogP contribution in [0, 0.1) is 12.7 Å². The van der Waals surface area contributed by atoms with Gasteiger partial charge in [-0.1, -0.05) is 11.6 Å². The highest BCUT2D eigenvalue weighted by atomic mass is 19.1. The van der Waals surface area contributed by atoms with E-state index in [2.05, 4.69) is 35.8 Å². The maximum absolute atomic E-state index is 12.9. The van der Waals surface area contributed by atoms with Gasteiger partial charge >= 0.3 is 0 Å². The topological polar surface area (TPSA) is 4.93 Å². The minimum Gasteiger partial charge on any atom is -0.317 e. The molecule has 1 heterocycles. The number of benzene rings is 2. The van der Waals surface area contributed by atoms with Gasteiger partial charge in [-0.3, -0.25) is 0 Å².